The summed E-state index contributed by atoms with van der Waals surface area (Å²) in [4.78, 5) is 1.00. The molecule has 18 heavy (non-hydrogen) atoms. The van der Waals surface area contributed by atoms with Crippen molar-refractivity contribution >= 4 is 38.9 Å². The Balaban J connectivity index is 2.24. The highest BCUT2D eigenvalue weighted by atomic mass is 79.9. The Hall–Kier alpha value is -0.490. The van der Waals surface area contributed by atoms with E-state index in [-0.39, 0.29) is 4.47 Å². The van der Waals surface area contributed by atoms with Crippen molar-refractivity contribution in [2.24, 2.45) is 5.73 Å². The summed E-state index contributed by atoms with van der Waals surface area (Å²) in [6.45, 7) is 0. The molecule has 0 fully saturated rings. The number of benzene rings is 1. The van der Waals surface area contributed by atoms with Crippen molar-refractivity contribution in [3.05, 3.63) is 55.1 Å². The van der Waals surface area contributed by atoms with Gasteiger partial charge in [0.2, 0.25) is 0 Å². The molecule has 0 aliphatic rings. The van der Waals surface area contributed by atoms with Gasteiger partial charge in [0.25, 0.3) is 0 Å². The SMILES string of the molecule is NC(Cc1ccc(Cl)s1)c1ccc(F)c(F)c1Br. The lowest BCUT2D eigenvalue weighted by Gasteiger charge is -2.13. The monoisotopic (exact) mass is 351 g/mol. The molecule has 1 heterocycles. The fourth-order valence-corrected chi connectivity index (χ4v) is 3.38. The molecule has 1 aromatic carbocycles. The number of hydrogen-bond donors (Lipinski definition) is 1. The van der Waals surface area contributed by atoms with Crippen LogP contribution in [0.3, 0.4) is 0 Å². The number of nitrogens with two attached hydrogens (primary N) is 1. The Morgan fingerprint density at radius 2 is 2.00 bits per heavy atom. The number of halogens is 4. The molecular weight excluding hydrogens is 344 g/mol. The van der Waals surface area contributed by atoms with Gasteiger partial charge in [-0.3, -0.25) is 0 Å². The average molecular weight is 353 g/mol. The van der Waals surface area contributed by atoms with Gasteiger partial charge in [-0.2, -0.15) is 0 Å². The molecule has 0 radical (unpaired) electrons. The largest absolute Gasteiger partial charge is 0.324 e. The molecule has 0 saturated heterocycles. The van der Waals surface area contributed by atoms with Crippen molar-refractivity contribution in [3.63, 3.8) is 0 Å². The van der Waals surface area contributed by atoms with Gasteiger partial charge in [-0.1, -0.05) is 17.7 Å². The van der Waals surface area contributed by atoms with Crippen LogP contribution in [0.2, 0.25) is 4.34 Å². The molecule has 6 heteroatoms. The van der Waals surface area contributed by atoms with Crippen LogP contribution in [0.4, 0.5) is 8.78 Å². The predicted octanol–water partition coefficient (Wildman–Crippen LogP) is 4.68. The third kappa shape index (κ3) is 2.91. The first kappa shape index (κ1) is 13.9. The molecule has 0 aliphatic heterocycles. The Morgan fingerprint density at radius 1 is 1.28 bits per heavy atom. The molecule has 2 rings (SSSR count). The summed E-state index contributed by atoms with van der Waals surface area (Å²) in [7, 11) is 0. The molecule has 0 amide bonds. The minimum Gasteiger partial charge on any atom is -0.324 e. The summed E-state index contributed by atoms with van der Waals surface area (Å²) >= 11 is 10.3. The van der Waals surface area contributed by atoms with Crippen LogP contribution in [0.5, 0.6) is 0 Å². The maximum absolute atomic E-state index is 13.4. The topological polar surface area (TPSA) is 26.0 Å². The molecule has 0 aliphatic carbocycles. The van der Waals surface area contributed by atoms with Gasteiger partial charge in [0.05, 0.1) is 8.81 Å². The highest BCUT2D eigenvalue weighted by Gasteiger charge is 2.17. The fraction of sp³-hybridized carbons (Fsp3) is 0.167. The number of hydrogen-bond acceptors (Lipinski definition) is 2. The summed E-state index contributed by atoms with van der Waals surface area (Å²) in [6.07, 6.45) is 0.529. The summed E-state index contributed by atoms with van der Waals surface area (Å²) in [6, 6.07) is 5.82. The highest BCUT2D eigenvalue weighted by molar-refractivity contribution is 9.10. The normalized spacial score (nSPS) is 12.7. The molecule has 1 unspecified atom stereocenters. The highest BCUT2D eigenvalue weighted by Crippen LogP contribution is 2.30. The third-order valence-electron chi connectivity index (χ3n) is 2.51. The number of rotatable bonds is 3. The van der Waals surface area contributed by atoms with Crippen LogP contribution in [0.25, 0.3) is 0 Å². The van der Waals surface area contributed by atoms with Gasteiger partial charge < -0.3 is 5.73 Å². The minimum absolute atomic E-state index is 0.0812. The van der Waals surface area contributed by atoms with E-state index in [2.05, 4.69) is 15.9 Å². The molecule has 1 aromatic heterocycles. The van der Waals surface area contributed by atoms with Gasteiger partial charge >= 0.3 is 0 Å². The van der Waals surface area contributed by atoms with Crippen molar-refractivity contribution in [1.29, 1.82) is 0 Å². The van der Waals surface area contributed by atoms with Crippen LogP contribution in [-0.4, -0.2) is 0 Å². The van der Waals surface area contributed by atoms with Gasteiger partial charge in [-0.05, 0) is 39.7 Å². The quantitative estimate of drug-likeness (QED) is 0.797. The van der Waals surface area contributed by atoms with Gasteiger partial charge in [0.1, 0.15) is 0 Å². The Bertz CT molecular complexity index is 573. The minimum atomic E-state index is -0.910. The predicted molar refractivity (Wildman–Crippen MR) is 74.0 cm³/mol. The molecule has 96 valence electrons. The van der Waals surface area contributed by atoms with E-state index in [1.807, 2.05) is 6.07 Å². The summed E-state index contributed by atoms with van der Waals surface area (Å²) in [5.74, 6) is -1.80. The first-order chi connectivity index (χ1) is 8.49. The third-order valence-corrected chi connectivity index (χ3v) is 4.57. The van der Waals surface area contributed by atoms with Crippen molar-refractivity contribution in [2.75, 3.05) is 0 Å². The second-order valence-electron chi connectivity index (χ2n) is 3.78. The van der Waals surface area contributed by atoms with E-state index in [4.69, 9.17) is 17.3 Å². The lowest BCUT2D eigenvalue weighted by Crippen LogP contribution is -2.14. The molecule has 1 atom stereocenters. The lowest BCUT2D eigenvalue weighted by atomic mass is 10.0. The Kier molecular flexibility index (Phi) is 4.37. The zero-order chi connectivity index (χ0) is 13.3. The van der Waals surface area contributed by atoms with E-state index in [1.165, 1.54) is 17.4 Å². The Morgan fingerprint density at radius 3 is 2.61 bits per heavy atom. The zero-order valence-corrected chi connectivity index (χ0v) is 12.2. The van der Waals surface area contributed by atoms with Gasteiger partial charge in [0.15, 0.2) is 11.6 Å². The van der Waals surface area contributed by atoms with E-state index >= 15 is 0 Å². The maximum Gasteiger partial charge on any atom is 0.173 e. The lowest BCUT2D eigenvalue weighted by molar-refractivity contribution is 0.500. The Labute approximate surface area is 121 Å². The van der Waals surface area contributed by atoms with Crippen molar-refractivity contribution < 1.29 is 8.78 Å². The van der Waals surface area contributed by atoms with E-state index in [1.54, 1.807) is 6.07 Å². The van der Waals surface area contributed by atoms with E-state index < -0.39 is 17.7 Å². The van der Waals surface area contributed by atoms with E-state index in [0.717, 1.165) is 10.9 Å². The standard InChI is InChI=1S/C12H9BrClF2NS/c13-11-7(2-3-8(15)12(11)16)9(17)5-6-1-4-10(14)18-6/h1-4,9H,5,17H2. The van der Waals surface area contributed by atoms with E-state index in [0.29, 0.717) is 16.3 Å². The van der Waals surface area contributed by atoms with Gasteiger partial charge in [-0.15, -0.1) is 11.3 Å². The molecular formula is C12H9BrClF2NS. The molecule has 2 aromatic rings. The molecule has 0 spiro atoms. The van der Waals surface area contributed by atoms with Crippen molar-refractivity contribution in [2.45, 2.75) is 12.5 Å². The van der Waals surface area contributed by atoms with Crippen LogP contribution < -0.4 is 5.73 Å². The van der Waals surface area contributed by atoms with Crippen LogP contribution in [0.15, 0.2) is 28.7 Å². The second kappa shape index (κ2) is 5.65. The first-order valence-corrected chi connectivity index (χ1v) is 7.11. The molecule has 2 N–H and O–H groups in total. The number of thiophene rings is 1. The maximum atomic E-state index is 13.4. The van der Waals surface area contributed by atoms with Gasteiger partial charge in [-0.25, -0.2) is 8.78 Å². The summed E-state index contributed by atoms with van der Waals surface area (Å²) < 4.78 is 27.2. The van der Waals surface area contributed by atoms with Crippen molar-refractivity contribution in [3.8, 4) is 0 Å². The zero-order valence-electron chi connectivity index (χ0n) is 9.09. The molecule has 0 bridgehead atoms. The summed E-state index contributed by atoms with van der Waals surface area (Å²) in [5, 5.41) is 0. The van der Waals surface area contributed by atoms with Crippen LogP contribution in [-0.2, 0) is 6.42 Å². The van der Waals surface area contributed by atoms with E-state index in [9.17, 15) is 8.78 Å². The second-order valence-corrected chi connectivity index (χ2v) is 6.37. The fourth-order valence-electron chi connectivity index (χ4n) is 1.62. The average Bonchev–Trinajstić information content (AvgIpc) is 2.71. The smallest absolute Gasteiger partial charge is 0.173 e. The molecule has 1 nitrogen and oxygen atoms in total. The molecule has 0 saturated carbocycles. The van der Waals surface area contributed by atoms with Crippen LogP contribution in [0.1, 0.15) is 16.5 Å². The van der Waals surface area contributed by atoms with Crippen LogP contribution in [0, 0.1) is 11.6 Å². The van der Waals surface area contributed by atoms with Gasteiger partial charge in [0, 0.05) is 17.3 Å². The first-order valence-electron chi connectivity index (χ1n) is 5.12. The summed E-state index contributed by atoms with van der Waals surface area (Å²) in [5.41, 5.74) is 6.54. The van der Waals surface area contributed by atoms with Crippen molar-refractivity contribution in [1.82, 2.24) is 0 Å². The van der Waals surface area contributed by atoms with Crippen LogP contribution >= 0.6 is 38.9 Å².